The summed E-state index contributed by atoms with van der Waals surface area (Å²) in [4.78, 5) is 17.1. The lowest BCUT2D eigenvalue weighted by molar-refractivity contribution is -0.0286. The zero-order valence-electron chi connectivity index (χ0n) is 16.5. The van der Waals surface area contributed by atoms with Gasteiger partial charge in [0, 0.05) is 32.4 Å². The average Bonchev–Trinajstić information content (AvgIpc) is 3.17. The fourth-order valence-corrected chi connectivity index (χ4v) is 4.74. The van der Waals surface area contributed by atoms with Crippen molar-refractivity contribution in [1.29, 1.82) is 0 Å². The van der Waals surface area contributed by atoms with Crippen LogP contribution in [0, 0.1) is 5.41 Å². The zero-order valence-corrected chi connectivity index (χ0v) is 16.5. The molecule has 7 nitrogen and oxygen atoms in total. The maximum Gasteiger partial charge on any atom is 0.257 e. The maximum atomic E-state index is 13.0. The number of methoxy groups -OCH3 is 1. The molecule has 1 aromatic heterocycles. The van der Waals surface area contributed by atoms with Crippen molar-refractivity contribution in [2.75, 3.05) is 40.3 Å². The van der Waals surface area contributed by atoms with Crippen molar-refractivity contribution in [3.63, 3.8) is 0 Å². The number of aliphatic hydroxyl groups excluding tert-OH is 1. The van der Waals surface area contributed by atoms with Gasteiger partial charge >= 0.3 is 0 Å². The monoisotopic (exact) mass is 384 g/mol. The molecule has 1 amide bonds. The van der Waals surface area contributed by atoms with Crippen LogP contribution in [-0.2, 0) is 0 Å². The summed E-state index contributed by atoms with van der Waals surface area (Å²) in [6.07, 6.45) is 5.83. The highest BCUT2D eigenvalue weighted by atomic mass is 16.5. The van der Waals surface area contributed by atoms with E-state index in [1.807, 2.05) is 29.2 Å². The Balaban J connectivity index is 1.44. The number of likely N-dealkylation sites (N-methyl/N-ethyl adjacent to an activating group) is 1. The van der Waals surface area contributed by atoms with Crippen LogP contribution in [0.15, 0.2) is 36.7 Å². The molecule has 0 aliphatic carbocycles. The van der Waals surface area contributed by atoms with Crippen molar-refractivity contribution >= 4 is 5.91 Å². The number of hydrogen-bond acceptors (Lipinski definition) is 5. The first-order chi connectivity index (χ1) is 13.5. The number of likely N-dealkylation sites (tertiary alicyclic amines) is 2. The number of aromatic nitrogens is 2. The number of nitrogens with zero attached hydrogens (tertiary/aromatic N) is 4. The molecule has 4 rings (SSSR count). The molecule has 150 valence electrons. The number of ether oxygens (including phenoxy) is 1. The maximum absolute atomic E-state index is 13.0. The predicted octanol–water partition coefficient (Wildman–Crippen LogP) is 1.80. The van der Waals surface area contributed by atoms with E-state index in [2.05, 4.69) is 17.0 Å². The third-order valence-corrected chi connectivity index (χ3v) is 6.07. The minimum Gasteiger partial charge on any atom is -0.494 e. The summed E-state index contributed by atoms with van der Waals surface area (Å²) in [7, 11) is 3.69. The first kappa shape index (κ1) is 19.0. The zero-order chi connectivity index (χ0) is 19.7. The Bertz CT molecular complexity index is 830. The molecule has 1 N–H and O–H groups in total. The SMILES string of the molecule is COc1ccccc1-n1cc(C(=O)N2CCC3(CC2)CC(O)CN(C)C3)cn1. The number of benzene rings is 1. The fraction of sp³-hybridized carbons (Fsp3) is 0.524. The number of aliphatic hydroxyl groups is 1. The Morgan fingerprint density at radius 1 is 1.29 bits per heavy atom. The third-order valence-electron chi connectivity index (χ3n) is 6.07. The number of para-hydroxylation sites is 2. The molecule has 0 bridgehead atoms. The molecule has 2 fully saturated rings. The summed E-state index contributed by atoms with van der Waals surface area (Å²) in [5, 5.41) is 14.5. The van der Waals surface area contributed by atoms with Gasteiger partial charge in [-0.05, 0) is 43.9 Å². The van der Waals surface area contributed by atoms with E-state index < -0.39 is 0 Å². The van der Waals surface area contributed by atoms with Gasteiger partial charge in [-0.3, -0.25) is 4.79 Å². The Kier molecular flexibility index (Phi) is 5.12. The van der Waals surface area contributed by atoms with Gasteiger partial charge in [0.05, 0.1) is 25.0 Å². The highest BCUT2D eigenvalue weighted by Crippen LogP contribution is 2.39. The average molecular weight is 384 g/mol. The quantitative estimate of drug-likeness (QED) is 0.874. The van der Waals surface area contributed by atoms with Gasteiger partial charge in [-0.15, -0.1) is 0 Å². The highest BCUT2D eigenvalue weighted by molar-refractivity contribution is 5.94. The van der Waals surface area contributed by atoms with E-state index >= 15 is 0 Å². The van der Waals surface area contributed by atoms with Gasteiger partial charge in [-0.1, -0.05) is 12.1 Å². The minimum atomic E-state index is -0.264. The number of carbonyl (C=O) groups excluding carboxylic acids is 1. The molecular weight excluding hydrogens is 356 g/mol. The minimum absolute atomic E-state index is 0.0145. The van der Waals surface area contributed by atoms with Crippen LogP contribution in [0.2, 0.25) is 0 Å². The predicted molar refractivity (Wildman–Crippen MR) is 106 cm³/mol. The summed E-state index contributed by atoms with van der Waals surface area (Å²) in [5.41, 5.74) is 1.52. The Labute approximate surface area is 165 Å². The second kappa shape index (κ2) is 7.56. The number of amides is 1. The normalized spacial score (nSPS) is 22.4. The molecular formula is C21H28N4O3. The summed E-state index contributed by atoms with van der Waals surface area (Å²) < 4.78 is 7.07. The van der Waals surface area contributed by atoms with Crippen molar-refractivity contribution in [3.8, 4) is 11.4 Å². The Morgan fingerprint density at radius 2 is 2.04 bits per heavy atom. The van der Waals surface area contributed by atoms with Gasteiger partial charge in [0.1, 0.15) is 11.4 Å². The molecule has 3 heterocycles. The van der Waals surface area contributed by atoms with E-state index in [4.69, 9.17) is 4.74 Å². The molecule has 28 heavy (non-hydrogen) atoms. The van der Waals surface area contributed by atoms with E-state index in [-0.39, 0.29) is 17.4 Å². The van der Waals surface area contributed by atoms with Crippen LogP contribution in [0.1, 0.15) is 29.6 Å². The molecule has 2 saturated heterocycles. The van der Waals surface area contributed by atoms with Crippen molar-refractivity contribution in [2.24, 2.45) is 5.41 Å². The fourth-order valence-electron chi connectivity index (χ4n) is 4.74. The van der Waals surface area contributed by atoms with Gasteiger partial charge in [-0.2, -0.15) is 5.10 Å². The first-order valence-corrected chi connectivity index (χ1v) is 9.84. The second-order valence-corrected chi connectivity index (χ2v) is 8.19. The number of hydrogen-bond donors (Lipinski definition) is 1. The largest absolute Gasteiger partial charge is 0.494 e. The molecule has 7 heteroatoms. The Morgan fingerprint density at radius 3 is 2.75 bits per heavy atom. The van der Waals surface area contributed by atoms with Gasteiger partial charge in [0.2, 0.25) is 0 Å². The highest BCUT2D eigenvalue weighted by Gasteiger charge is 2.41. The summed E-state index contributed by atoms with van der Waals surface area (Å²) in [6.45, 7) is 3.18. The van der Waals surface area contributed by atoms with Crippen molar-refractivity contribution in [2.45, 2.75) is 25.4 Å². The summed E-state index contributed by atoms with van der Waals surface area (Å²) >= 11 is 0. The molecule has 1 spiro atoms. The number of β-amino-alcohol motifs (C(OH)–C–C–N with tert-alkyl or cyclic N) is 1. The topological polar surface area (TPSA) is 70.8 Å². The molecule has 2 aromatic rings. The molecule has 1 atom stereocenters. The van der Waals surface area contributed by atoms with Crippen molar-refractivity contribution < 1.29 is 14.6 Å². The number of rotatable bonds is 3. The van der Waals surface area contributed by atoms with Crippen LogP contribution in [-0.4, -0.2) is 77.0 Å². The van der Waals surface area contributed by atoms with Crippen LogP contribution in [0.3, 0.4) is 0 Å². The molecule has 1 aromatic carbocycles. The van der Waals surface area contributed by atoms with Crippen molar-refractivity contribution in [3.05, 3.63) is 42.2 Å². The van der Waals surface area contributed by atoms with E-state index in [0.29, 0.717) is 11.3 Å². The van der Waals surface area contributed by atoms with Gasteiger partial charge < -0.3 is 19.6 Å². The van der Waals surface area contributed by atoms with Gasteiger partial charge in [-0.25, -0.2) is 4.68 Å². The molecule has 2 aliphatic rings. The number of carbonyl (C=O) groups is 1. The lowest BCUT2D eigenvalue weighted by atomic mass is 9.71. The standard InChI is InChI=1S/C21H28N4O3/c1-23-14-17(26)11-21(15-23)7-9-24(10-8-21)20(27)16-12-22-25(13-16)18-5-3-4-6-19(18)28-2/h3-6,12-13,17,26H,7-11,14-15H2,1-2H3. The van der Waals surface area contributed by atoms with Crippen LogP contribution in [0.5, 0.6) is 5.75 Å². The Hall–Kier alpha value is -2.38. The third kappa shape index (κ3) is 3.64. The van der Waals surface area contributed by atoms with Crippen LogP contribution in [0.4, 0.5) is 0 Å². The molecule has 1 unspecified atom stereocenters. The van der Waals surface area contributed by atoms with E-state index in [1.165, 1.54) is 0 Å². The van der Waals surface area contributed by atoms with Gasteiger partial charge in [0.15, 0.2) is 0 Å². The van der Waals surface area contributed by atoms with E-state index in [0.717, 1.165) is 51.1 Å². The van der Waals surface area contributed by atoms with Gasteiger partial charge in [0.25, 0.3) is 5.91 Å². The number of piperidine rings is 2. The smallest absolute Gasteiger partial charge is 0.257 e. The first-order valence-electron chi connectivity index (χ1n) is 9.84. The van der Waals surface area contributed by atoms with E-state index in [1.54, 1.807) is 24.2 Å². The van der Waals surface area contributed by atoms with Crippen LogP contribution < -0.4 is 4.74 Å². The molecule has 0 radical (unpaired) electrons. The lowest BCUT2D eigenvalue weighted by Gasteiger charge is -2.48. The molecule has 2 aliphatic heterocycles. The van der Waals surface area contributed by atoms with Crippen LogP contribution >= 0.6 is 0 Å². The summed E-state index contributed by atoms with van der Waals surface area (Å²) in [6, 6.07) is 7.61. The van der Waals surface area contributed by atoms with Crippen molar-refractivity contribution in [1.82, 2.24) is 19.6 Å². The lowest BCUT2D eigenvalue weighted by Crippen LogP contribution is -2.53. The summed E-state index contributed by atoms with van der Waals surface area (Å²) in [5.74, 6) is 0.727. The van der Waals surface area contributed by atoms with E-state index in [9.17, 15) is 9.90 Å². The molecule has 0 saturated carbocycles. The second-order valence-electron chi connectivity index (χ2n) is 8.19. The van der Waals surface area contributed by atoms with Crippen LogP contribution in [0.25, 0.3) is 5.69 Å².